The van der Waals surface area contributed by atoms with Gasteiger partial charge >= 0.3 is 0 Å². The van der Waals surface area contributed by atoms with Crippen molar-refractivity contribution in [2.75, 3.05) is 0 Å². The highest BCUT2D eigenvalue weighted by Gasteiger charge is 2.02. The first kappa shape index (κ1) is 8.19. The van der Waals surface area contributed by atoms with Gasteiger partial charge in [-0.3, -0.25) is 0 Å². The minimum Gasteiger partial charge on any atom is -0.220 e. The third kappa shape index (κ3) is 1.27. The maximum Gasteiger partial charge on any atom is 0.156 e. The van der Waals surface area contributed by atoms with Gasteiger partial charge in [-0.1, -0.05) is 0 Å². The first-order valence-corrected chi connectivity index (χ1v) is 4.93. The zero-order valence-electron chi connectivity index (χ0n) is 6.25. The van der Waals surface area contributed by atoms with Gasteiger partial charge in [0.25, 0.3) is 0 Å². The summed E-state index contributed by atoms with van der Waals surface area (Å²) in [5.74, 6) is 0.778. The predicted molar refractivity (Wildman–Crippen MR) is 53.1 cm³/mol. The molecule has 2 rings (SSSR count). The standard InChI is InChI=1S/C7H5Br2N3/c1-4-10-7-2-5(8)6(9)3-12(7)11-4/h2-3H,1H3. The molecule has 12 heavy (non-hydrogen) atoms. The maximum atomic E-state index is 4.22. The Balaban J connectivity index is 2.83. The van der Waals surface area contributed by atoms with Gasteiger partial charge < -0.3 is 0 Å². The van der Waals surface area contributed by atoms with Gasteiger partial charge in [0, 0.05) is 10.7 Å². The average Bonchev–Trinajstić information content (AvgIpc) is 2.30. The average molecular weight is 291 g/mol. The zero-order chi connectivity index (χ0) is 8.72. The Morgan fingerprint density at radius 3 is 2.83 bits per heavy atom. The SMILES string of the molecule is Cc1nc2cc(Br)c(Br)cn2n1. The molecule has 0 unspecified atom stereocenters. The molecular weight excluding hydrogens is 286 g/mol. The van der Waals surface area contributed by atoms with Crippen molar-refractivity contribution in [3.8, 4) is 0 Å². The maximum absolute atomic E-state index is 4.22. The normalized spacial score (nSPS) is 10.9. The van der Waals surface area contributed by atoms with E-state index in [-0.39, 0.29) is 0 Å². The second kappa shape index (κ2) is 2.81. The van der Waals surface area contributed by atoms with Crippen molar-refractivity contribution in [3.05, 3.63) is 27.0 Å². The van der Waals surface area contributed by atoms with E-state index in [0.717, 1.165) is 20.4 Å². The Labute approximate surface area is 86.1 Å². The predicted octanol–water partition coefficient (Wildman–Crippen LogP) is 2.56. The molecule has 0 aromatic carbocycles. The number of pyridine rings is 1. The highest BCUT2D eigenvalue weighted by Crippen LogP contribution is 2.23. The third-order valence-corrected chi connectivity index (χ3v) is 3.30. The summed E-state index contributed by atoms with van der Waals surface area (Å²) in [6.45, 7) is 1.87. The van der Waals surface area contributed by atoms with Gasteiger partial charge in [0.2, 0.25) is 0 Å². The van der Waals surface area contributed by atoms with Crippen molar-refractivity contribution in [1.29, 1.82) is 0 Å². The fourth-order valence-corrected chi connectivity index (χ4v) is 1.61. The van der Waals surface area contributed by atoms with E-state index in [1.165, 1.54) is 0 Å². The van der Waals surface area contributed by atoms with Crippen LogP contribution < -0.4 is 0 Å². The molecule has 62 valence electrons. The quantitative estimate of drug-likeness (QED) is 0.746. The summed E-state index contributed by atoms with van der Waals surface area (Å²) >= 11 is 6.79. The molecule has 0 radical (unpaired) electrons. The number of hydrogen-bond acceptors (Lipinski definition) is 2. The summed E-state index contributed by atoms with van der Waals surface area (Å²) in [6, 6.07) is 1.92. The Hall–Kier alpha value is -0.420. The number of aromatic nitrogens is 3. The van der Waals surface area contributed by atoms with Crippen LogP contribution in [-0.2, 0) is 0 Å². The number of halogens is 2. The molecule has 0 aliphatic carbocycles. The molecule has 0 saturated carbocycles. The van der Waals surface area contributed by atoms with Crippen LogP contribution in [0.5, 0.6) is 0 Å². The van der Waals surface area contributed by atoms with Crippen molar-refractivity contribution < 1.29 is 0 Å². The van der Waals surface area contributed by atoms with Crippen molar-refractivity contribution in [3.63, 3.8) is 0 Å². The number of hydrogen-bond donors (Lipinski definition) is 0. The summed E-state index contributed by atoms with van der Waals surface area (Å²) in [4.78, 5) is 4.22. The Morgan fingerprint density at radius 2 is 2.08 bits per heavy atom. The molecule has 0 aliphatic heterocycles. The van der Waals surface area contributed by atoms with Crippen LogP contribution in [0.4, 0.5) is 0 Å². The molecule has 5 heteroatoms. The first-order chi connectivity index (χ1) is 5.66. The van der Waals surface area contributed by atoms with Crippen molar-refractivity contribution in [1.82, 2.24) is 14.6 Å². The minimum atomic E-state index is 0.778. The topological polar surface area (TPSA) is 30.2 Å². The second-order valence-corrected chi connectivity index (χ2v) is 4.14. The summed E-state index contributed by atoms with van der Waals surface area (Å²) in [7, 11) is 0. The van der Waals surface area contributed by atoms with Crippen LogP contribution in [0, 0.1) is 6.92 Å². The molecular formula is C7H5Br2N3. The lowest BCUT2D eigenvalue weighted by atomic mass is 10.5. The molecule has 0 bridgehead atoms. The van der Waals surface area contributed by atoms with Crippen LogP contribution in [0.15, 0.2) is 21.2 Å². The van der Waals surface area contributed by atoms with Crippen molar-refractivity contribution in [2.24, 2.45) is 0 Å². The molecule has 0 N–H and O–H groups in total. The Bertz CT molecular complexity index is 396. The van der Waals surface area contributed by atoms with Crippen LogP contribution in [0.3, 0.4) is 0 Å². The Morgan fingerprint density at radius 1 is 1.33 bits per heavy atom. The van der Waals surface area contributed by atoms with Gasteiger partial charge in [0.15, 0.2) is 5.65 Å². The summed E-state index contributed by atoms with van der Waals surface area (Å²) < 4.78 is 3.70. The van der Waals surface area contributed by atoms with E-state index < -0.39 is 0 Å². The van der Waals surface area contributed by atoms with Gasteiger partial charge in [-0.15, -0.1) is 0 Å². The second-order valence-electron chi connectivity index (χ2n) is 2.43. The fraction of sp³-hybridized carbons (Fsp3) is 0.143. The van der Waals surface area contributed by atoms with E-state index in [1.807, 2.05) is 19.2 Å². The molecule has 0 aliphatic rings. The number of aryl methyl sites for hydroxylation is 1. The lowest BCUT2D eigenvalue weighted by Gasteiger charge is -1.95. The largest absolute Gasteiger partial charge is 0.220 e. The lowest BCUT2D eigenvalue weighted by molar-refractivity contribution is 0.925. The van der Waals surface area contributed by atoms with E-state index in [4.69, 9.17) is 0 Å². The van der Waals surface area contributed by atoms with Crippen LogP contribution >= 0.6 is 31.9 Å². The van der Waals surface area contributed by atoms with E-state index in [2.05, 4.69) is 41.9 Å². The summed E-state index contributed by atoms with van der Waals surface area (Å²) in [6.07, 6.45) is 1.87. The number of rotatable bonds is 0. The highest BCUT2D eigenvalue weighted by atomic mass is 79.9. The molecule has 0 spiro atoms. The van der Waals surface area contributed by atoms with Gasteiger partial charge in [-0.05, 0) is 44.8 Å². The highest BCUT2D eigenvalue weighted by molar-refractivity contribution is 9.13. The van der Waals surface area contributed by atoms with Crippen LogP contribution in [0.2, 0.25) is 0 Å². The molecule has 0 atom stereocenters. The fourth-order valence-electron chi connectivity index (χ4n) is 0.991. The molecule has 2 aromatic heterocycles. The van der Waals surface area contributed by atoms with Crippen LogP contribution in [-0.4, -0.2) is 14.6 Å². The third-order valence-electron chi connectivity index (χ3n) is 1.48. The van der Waals surface area contributed by atoms with Crippen LogP contribution in [0.1, 0.15) is 5.82 Å². The van der Waals surface area contributed by atoms with Crippen molar-refractivity contribution >= 4 is 37.5 Å². The minimum absolute atomic E-state index is 0.778. The van der Waals surface area contributed by atoms with E-state index >= 15 is 0 Å². The summed E-state index contributed by atoms with van der Waals surface area (Å²) in [5.41, 5.74) is 0.850. The molecule has 0 saturated heterocycles. The van der Waals surface area contributed by atoms with E-state index in [0.29, 0.717) is 0 Å². The molecule has 0 fully saturated rings. The van der Waals surface area contributed by atoms with Gasteiger partial charge in [-0.2, -0.15) is 5.10 Å². The molecule has 2 heterocycles. The van der Waals surface area contributed by atoms with Gasteiger partial charge in [0.1, 0.15) is 5.82 Å². The van der Waals surface area contributed by atoms with Gasteiger partial charge in [-0.25, -0.2) is 9.50 Å². The monoisotopic (exact) mass is 289 g/mol. The first-order valence-electron chi connectivity index (χ1n) is 3.35. The number of fused-ring (bicyclic) bond motifs is 1. The van der Waals surface area contributed by atoms with E-state index in [1.54, 1.807) is 4.52 Å². The Kier molecular flexibility index (Phi) is 1.92. The summed E-state index contributed by atoms with van der Waals surface area (Å²) in [5, 5.41) is 4.17. The molecule has 0 amide bonds. The van der Waals surface area contributed by atoms with Gasteiger partial charge in [0.05, 0.1) is 4.47 Å². The van der Waals surface area contributed by atoms with E-state index in [9.17, 15) is 0 Å². The van der Waals surface area contributed by atoms with Crippen LogP contribution in [0.25, 0.3) is 5.65 Å². The molecule has 3 nitrogen and oxygen atoms in total. The van der Waals surface area contributed by atoms with Crippen molar-refractivity contribution in [2.45, 2.75) is 6.92 Å². The lowest BCUT2D eigenvalue weighted by Crippen LogP contribution is -1.86. The number of nitrogens with zero attached hydrogens (tertiary/aromatic N) is 3. The zero-order valence-corrected chi connectivity index (χ0v) is 9.42. The smallest absolute Gasteiger partial charge is 0.156 e. The molecule has 2 aromatic rings.